The van der Waals surface area contributed by atoms with Gasteiger partial charge in [0, 0.05) is 51.8 Å². The Morgan fingerprint density at radius 1 is 1.00 bits per heavy atom. The minimum absolute atomic E-state index is 0.119. The number of nitrogens with zero attached hydrogens (tertiary/aromatic N) is 3. The molecule has 1 aromatic heterocycles. The van der Waals surface area contributed by atoms with Crippen LogP contribution >= 0.6 is 0 Å². The van der Waals surface area contributed by atoms with Crippen molar-refractivity contribution in [1.82, 2.24) is 19.8 Å². The van der Waals surface area contributed by atoms with Crippen molar-refractivity contribution in [3.05, 3.63) is 63.1 Å². The zero-order valence-electron chi connectivity index (χ0n) is 21.8. The number of anilines is 1. The fourth-order valence-electron chi connectivity index (χ4n) is 4.72. The molecule has 2 N–H and O–H groups in total. The molecule has 2 heterocycles. The van der Waals surface area contributed by atoms with E-state index < -0.39 is 11.2 Å². The molecule has 1 amide bonds. The summed E-state index contributed by atoms with van der Waals surface area (Å²) >= 11 is 0. The predicted molar refractivity (Wildman–Crippen MR) is 144 cm³/mol. The summed E-state index contributed by atoms with van der Waals surface area (Å²) < 4.78 is 25.6. The number of aromatic amines is 1. The summed E-state index contributed by atoms with van der Waals surface area (Å²) in [6, 6.07) is 9.93. The van der Waals surface area contributed by atoms with E-state index in [9.17, 15) is 18.8 Å². The van der Waals surface area contributed by atoms with Gasteiger partial charge in [-0.1, -0.05) is 12.1 Å². The molecule has 0 bridgehead atoms. The number of hydrogen-bond acceptors (Lipinski definition) is 7. The molecule has 1 fully saturated rings. The molecule has 38 heavy (non-hydrogen) atoms. The molecule has 3 aromatic rings. The van der Waals surface area contributed by atoms with Crippen molar-refractivity contribution >= 4 is 22.5 Å². The van der Waals surface area contributed by atoms with Gasteiger partial charge in [0.2, 0.25) is 5.91 Å². The Hall–Kier alpha value is -3.86. The number of benzene rings is 2. The van der Waals surface area contributed by atoms with Crippen LogP contribution in [0.25, 0.3) is 10.9 Å². The topological polar surface area (TPSA) is 109 Å². The Morgan fingerprint density at radius 3 is 2.42 bits per heavy atom. The number of ether oxygens (including phenoxy) is 2. The van der Waals surface area contributed by atoms with Crippen molar-refractivity contribution in [3.8, 4) is 11.5 Å². The highest BCUT2D eigenvalue weighted by atomic mass is 19.1. The number of hydrogen-bond donors (Lipinski definition) is 2. The van der Waals surface area contributed by atoms with E-state index in [1.165, 1.54) is 26.4 Å². The third kappa shape index (κ3) is 6.34. The number of amides is 1. The van der Waals surface area contributed by atoms with Gasteiger partial charge in [0.05, 0.1) is 30.8 Å². The zero-order valence-corrected chi connectivity index (χ0v) is 21.8. The molecule has 0 spiro atoms. The molecule has 0 aliphatic carbocycles. The Bertz CT molecular complexity index is 1380. The summed E-state index contributed by atoms with van der Waals surface area (Å²) in [6.45, 7) is 4.73. The number of methoxy groups -OCH3 is 2. The van der Waals surface area contributed by atoms with Crippen LogP contribution in [0.1, 0.15) is 19.3 Å². The van der Waals surface area contributed by atoms with Gasteiger partial charge in [0.25, 0.3) is 5.56 Å². The molecule has 0 atom stereocenters. The number of aromatic nitrogens is 2. The van der Waals surface area contributed by atoms with Crippen molar-refractivity contribution < 1.29 is 18.7 Å². The van der Waals surface area contributed by atoms with Crippen LogP contribution in [-0.2, 0) is 11.3 Å². The maximum absolute atomic E-state index is 14.0. The molecule has 4 rings (SSSR count). The lowest BCUT2D eigenvalue weighted by Crippen LogP contribution is -2.47. The summed E-state index contributed by atoms with van der Waals surface area (Å²) in [6.07, 6.45) is 1.36. The molecule has 0 radical (unpaired) electrons. The third-order valence-corrected chi connectivity index (χ3v) is 6.81. The van der Waals surface area contributed by atoms with Gasteiger partial charge in [-0.25, -0.2) is 9.18 Å². The highest BCUT2D eigenvalue weighted by Crippen LogP contribution is 2.29. The van der Waals surface area contributed by atoms with Crippen LogP contribution in [0.3, 0.4) is 0 Å². The number of fused-ring (bicyclic) bond motifs is 1. The molecule has 2 aromatic carbocycles. The average Bonchev–Trinajstić information content (AvgIpc) is 2.93. The number of piperazine rings is 1. The maximum Gasteiger partial charge on any atom is 0.328 e. The summed E-state index contributed by atoms with van der Waals surface area (Å²) in [5.41, 5.74) is 0.0260. The van der Waals surface area contributed by atoms with Crippen molar-refractivity contribution in [2.75, 3.05) is 58.4 Å². The van der Waals surface area contributed by atoms with Crippen molar-refractivity contribution in [3.63, 3.8) is 0 Å². The molecule has 11 heteroatoms. The summed E-state index contributed by atoms with van der Waals surface area (Å²) in [7, 11) is 2.95. The number of rotatable bonds is 11. The second kappa shape index (κ2) is 12.6. The first-order valence-corrected chi connectivity index (χ1v) is 12.8. The second-order valence-corrected chi connectivity index (χ2v) is 9.23. The summed E-state index contributed by atoms with van der Waals surface area (Å²) in [5, 5.41) is 3.21. The van der Waals surface area contributed by atoms with Gasteiger partial charge in [-0.05, 0) is 37.6 Å². The minimum Gasteiger partial charge on any atom is -0.493 e. The Labute approximate surface area is 220 Å². The van der Waals surface area contributed by atoms with Crippen LogP contribution in [0.2, 0.25) is 0 Å². The van der Waals surface area contributed by atoms with Crippen molar-refractivity contribution in [1.29, 1.82) is 0 Å². The van der Waals surface area contributed by atoms with Gasteiger partial charge in [0.1, 0.15) is 5.82 Å². The molecule has 1 aliphatic heterocycles. The number of nitrogens with one attached hydrogen (secondary N) is 2. The van der Waals surface area contributed by atoms with E-state index in [-0.39, 0.29) is 24.7 Å². The predicted octanol–water partition coefficient (Wildman–Crippen LogP) is 1.95. The fourth-order valence-corrected chi connectivity index (χ4v) is 4.72. The normalized spacial score (nSPS) is 14.0. The highest BCUT2D eigenvalue weighted by molar-refractivity contribution is 5.81. The van der Waals surface area contributed by atoms with E-state index in [2.05, 4.69) is 20.1 Å². The minimum atomic E-state index is -0.537. The van der Waals surface area contributed by atoms with E-state index in [1.54, 1.807) is 12.1 Å². The van der Waals surface area contributed by atoms with E-state index in [0.29, 0.717) is 41.1 Å². The van der Waals surface area contributed by atoms with Gasteiger partial charge in [-0.2, -0.15) is 0 Å². The number of H-pyrrole nitrogens is 1. The average molecular weight is 528 g/mol. The smallest absolute Gasteiger partial charge is 0.328 e. The Kier molecular flexibility index (Phi) is 9.01. The van der Waals surface area contributed by atoms with E-state index in [1.807, 2.05) is 12.1 Å². The van der Waals surface area contributed by atoms with Gasteiger partial charge in [-0.3, -0.25) is 19.1 Å². The van der Waals surface area contributed by atoms with Crippen LogP contribution in [-0.4, -0.2) is 73.8 Å². The molecule has 1 aliphatic rings. The molecular formula is C27H34FN5O5. The van der Waals surface area contributed by atoms with Crippen LogP contribution in [0.5, 0.6) is 11.5 Å². The first-order valence-electron chi connectivity index (χ1n) is 12.8. The van der Waals surface area contributed by atoms with Crippen LogP contribution < -0.4 is 30.9 Å². The first-order chi connectivity index (χ1) is 18.4. The standard InChI is InChI=1S/C27H34FN5O5/c1-37-23-17-19-21(18-24(23)38-2)30-27(36)33(26(19)35)12-5-9-25(34)29-10-6-11-31-13-15-32(16-14-31)22-8-4-3-7-20(22)28/h3-4,7-8,17-18H,5-6,9-16H2,1-2H3,(H,29,34)(H,30,36). The zero-order chi connectivity index (χ0) is 27.1. The van der Waals surface area contributed by atoms with Gasteiger partial charge in [-0.15, -0.1) is 0 Å². The Morgan fingerprint density at radius 2 is 1.71 bits per heavy atom. The van der Waals surface area contributed by atoms with Crippen LogP contribution in [0.15, 0.2) is 46.0 Å². The lowest BCUT2D eigenvalue weighted by molar-refractivity contribution is -0.121. The molecular weight excluding hydrogens is 493 g/mol. The summed E-state index contributed by atoms with van der Waals surface area (Å²) in [4.78, 5) is 44.7. The second-order valence-electron chi connectivity index (χ2n) is 9.23. The lowest BCUT2D eigenvalue weighted by Gasteiger charge is -2.36. The summed E-state index contributed by atoms with van der Waals surface area (Å²) in [5.74, 6) is 0.488. The fraction of sp³-hybridized carbons (Fsp3) is 0.444. The maximum atomic E-state index is 14.0. The molecule has 0 unspecified atom stereocenters. The van der Waals surface area contributed by atoms with Gasteiger partial charge < -0.3 is 24.7 Å². The first kappa shape index (κ1) is 27.2. The largest absolute Gasteiger partial charge is 0.493 e. The molecule has 10 nitrogen and oxygen atoms in total. The number of carbonyl (C=O) groups is 1. The van der Waals surface area contributed by atoms with Gasteiger partial charge >= 0.3 is 5.69 Å². The van der Waals surface area contributed by atoms with Crippen molar-refractivity contribution in [2.45, 2.75) is 25.8 Å². The van der Waals surface area contributed by atoms with Gasteiger partial charge in [0.15, 0.2) is 11.5 Å². The van der Waals surface area contributed by atoms with E-state index in [0.717, 1.165) is 43.7 Å². The number of para-hydroxylation sites is 1. The quantitative estimate of drug-likeness (QED) is 0.367. The molecule has 204 valence electrons. The van der Waals surface area contributed by atoms with E-state index >= 15 is 0 Å². The monoisotopic (exact) mass is 527 g/mol. The van der Waals surface area contributed by atoms with E-state index in [4.69, 9.17) is 9.47 Å². The van der Waals surface area contributed by atoms with Crippen molar-refractivity contribution in [2.24, 2.45) is 0 Å². The molecule has 1 saturated heterocycles. The number of carbonyl (C=O) groups excluding carboxylic acids is 1. The third-order valence-electron chi connectivity index (χ3n) is 6.81. The Balaban J connectivity index is 1.19. The number of halogens is 1. The van der Waals surface area contributed by atoms with Crippen LogP contribution in [0, 0.1) is 5.82 Å². The molecule has 0 saturated carbocycles. The van der Waals surface area contributed by atoms with Crippen LogP contribution in [0.4, 0.5) is 10.1 Å². The SMILES string of the molecule is COc1cc2[nH]c(=O)n(CCCC(=O)NCCCN3CCN(c4ccccc4F)CC3)c(=O)c2cc1OC. The highest BCUT2D eigenvalue weighted by Gasteiger charge is 2.19. The lowest BCUT2D eigenvalue weighted by atomic mass is 10.2.